The van der Waals surface area contributed by atoms with Crippen LogP contribution in [0.25, 0.3) is 10.9 Å². The summed E-state index contributed by atoms with van der Waals surface area (Å²) in [5.41, 5.74) is 0.521. The fourth-order valence-corrected chi connectivity index (χ4v) is 4.20. The highest BCUT2D eigenvalue weighted by Gasteiger charge is 2.30. The van der Waals surface area contributed by atoms with Crippen LogP contribution in [0.4, 0.5) is 13.2 Å². The Bertz CT molecular complexity index is 1200. The third-order valence-corrected chi connectivity index (χ3v) is 6.00. The summed E-state index contributed by atoms with van der Waals surface area (Å²) >= 11 is 0. The number of hydrogen-bond donors (Lipinski definition) is 1. The number of methoxy groups -OCH3 is 2. The minimum absolute atomic E-state index is 0.236. The van der Waals surface area contributed by atoms with E-state index in [4.69, 9.17) is 9.47 Å². The first-order chi connectivity index (χ1) is 16.3. The topological polar surface area (TPSA) is 70.7 Å². The van der Waals surface area contributed by atoms with Crippen LogP contribution in [0.5, 0.6) is 11.5 Å². The maximum Gasteiger partial charge on any atom is 0.416 e. The van der Waals surface area contributed by atoms with Crippen LogP contribution in [0, 0.1) is 0 Å². The van der Waals surface area contributed by atoms with Crippen LogP contribution < -0.4 is 15.0 Å². The van der Waals surface area contributed by atoms with Gasteiger partial charge in [-0.15, -0.1) is 0 Å². The molecular formula is C24H27F3N4O3. The molecule has 4 rings (SSSR count). The Morgan fingerprint density at radius 1 is 0.941 bits per heavy atom. The fourth-order valence-electron chi connectivity index (χ4n) is 4.20. The molecule has 1 N–H and O–H groups in total. The minimum atomic E-state index is -4.32. The summed E-state index contributed by atoms with van der Waals surface area (Å²) in [6.45, 7) is 4.29. The Morgan fingerprint density at radius 2 is 1.56 bits per heavy atom. The van der Waals surface area contributed by atoms with Crippen molar-refractivity contribution in [2.75, 3.05) is 40.4 Å². The van der Waals surface area contributed by atoms with Crippen molar-refractivity contribution in [2.24, 2.45) is 0 Å². The van der Waals surface area contributed by atoms with E-state index in [9.17, 15) is 18.0 Å². The third kappa shape index (κ3) is 5.51. The van der Waals surface area contributed by atoms with E-state index in [0.29, 0.717) is 41.3 Å². The second-order valence-electron chi connectivity index (χ2n) is 8.34. The monoisotopic (exact) mass is 476 g/mol. The molecule has 0 bridgehead atoms. The van der Waals surface area contributed by atoms with Gasteiger partial charge < -0.3 is 14.5 Å². The summed E-state index contributed by atoms with van der Waals surface area (Å²) in [6, 6.07) is 8.66. The van der Waals surface area contributed by atoms with Crippen LogP contribution in [0.3, 0.4) is 0 Å². The molecule has 0 saturated carbocycles. The second kappa shape index (κ2) is 10.0. The zero-order valence-electron chi connectivity index (χ0n) is 19.1. The van der Waals surface area contributed by atoms with E-state index in [-0.39, 0.29) is 5.56 Å². The fraction of sp³-hybridized carbons (Fsp3) is 0.417. The molecule has 34 heavy (non-hydrogen) atoms. The van der Waals surface area contributed by atoms with Gasteiger partial charge in [0.2, 0.25) is 0 Å². The molecule has 1 aromatic heterocycles. The lowest BCUT2D eigenvalue weighted by atomic mass is 10.1. The number of alkyl halides is 3. The molecule has 3 aromatic rings. The van der Waals surface area contributed by atoms with Crippen molar-refractivity contribution in [1.29, 1.82) is 0 Å². The highest BCUT2D eigenvalue weighted by molar-refractivity contribution is 5.81. The minimum Gasteiger partial charge on any atom is -0.493 e. The SMILES string of the molecule is COc1cc2nc(CN3CCCN(Cc4ccc(C(F)(F)F)cc4)CC3)[nH]c(=O)c2cc1OC. The van der Waals surface area contributed by atoms with E-state index in [1.54, 1.807) is 24.3 Å². The third-order valence-electron chi connectivity index (χ3n) is 6.00. The molecule has 2 aromatic carbocycles. The molecule has 1 saturated heterocycles. The van der Waals surface area contributed by atoms with Gasteiger partial charge in [-0.25, -0.2) is 4.98 Å². The van der Waals surface area contributed by atoms with Gasteiger partial charge >= 0.3 is 6.18 Å². The van der Waals surface area contributed by atoms with Crippen LogP contribution in [0.1, 0.15) is 23.4 Å². The lowest BCUT2D eigenvalue weighted by molar-refractivity contribution is -0.137. The predicted molar refractivity (Wildman–Crippen MR) is 122 cm³/mol. The Balaban J connectivity index is 1.41. The van der Waals surface area contributed by atoms with Gasteiger partial charge in [-0.3, -0.25) is 14.6 Å². The quantitative estimate of drug-likeness (QED) is 0.586. The van der Waals surface area contributed by atoms with E-state index in [0.717, 1.165) is 50.3 Å². The molecule has 10 heteroatoms. The first kappa shape index (κ1) is 24.0. The van der Waals surface area contributed by atoms with Crippen molar-refractivity contribution in [3.63, 3.8) is 0 Å². The normalized spacial score (nSPS) is 15.9. The van der Waals surface area contributed by atoms with E-state index < -0.39 is 11.7 Å². The second-order valence-corrected chi connectivity index (χ2v) is 8.34. The molecule has 1 aliphatic rings. The number of H-pyrrole nitrogens is 1. The maximum atomic E-state index is 12.8. The van der Waals surface area contributed by atoms with Gasteiger partial charge in [0.1, 0.15) is 5.82 Å². The van der Waals surface area contributed by atoms with Crippen LogP contribution in [-0.2, 0) is 19.3 Å². The van der Waals surface area contributed by atoms with Gasteiger partial charge in [-0.1, -0.05) is 12.1 Å². The Labute approximate surface area is 195 Å². The average molecular weight is 476 g/mol. The number of hydrogen-bond acceptors (Lipinski definition) is 6. The molecule has 0 aliphatic carbocycles. The van der Waals surface area contributed by atoms with Gasteiger partial charge in [0, 0.05) is 25.7 Å². The molecule has 182 valence electrons. The van der Waals surface area contributed by atoms with Crippen LogP contribution in [0.2, 0.25) is 0 Å². The molecule has 0 atom stereocenters. The lowest BCUT2D eigenvalue weighted by Gasteiger charge is -2.22. The number of benzene rings is 2. The highest BCUT2D eigenvalue weighted by atomic mass is 19.4. The van der Waals surface area contributed by atoms with Crippen LogP contribution in [0.15, 0.2) is 41.2 Å². The number of ether oxygens (including phenoxy) is 2. The summed E-state index contributed by atoms with van der Waals surface area (Å²) in [5.74, 6) is 1.55. The number of aromatic amines is 1. The first-order valence-corrected chi connectivity index (χ1v) is 11.0. The smallest absolute Gasteiger partial charge is 0.416 e. The number of aromatic nitrogens is 2. The summed E-state index contributed by atoms with van der Waals surface area (Å²) in [6.07, 6.45) is -3.42. The van der Waals surface area contributed by atoms with E-state index in [1.165, 1.54) is 14.2 Å². The molecule has 1 aliphatic heterocycles. The van der Waals surface area contributed by atoms with Crippen LogP contribution in [-0.4, -0.2) is 60.2 Å². The first-order valence-electron chi connectivity index (χ1n) is 11.0. The van der Waals surface area contributed by atoms with Crippen molar-refractivity contribution >= 4 is 10.9 Å². The summed E-state index contributed by atoms with van der Waals surface area (Å²) in [7, 11) is 3.05. The van der Waals surface area contributed by atoms with E-state index in [2.05, 4.69) is 19.8 Å². The van der Waals surface area contributed by atoms with Gasteiger partial charge in [0.15, 0.2) is 11.5 Å². The lowest BCUT2D eigenvalue weighted by Crippen LogP contribution is -2.31. The van der Waals surface area contributed by atoms with Gasteiger partial charge in [-0.2, -0.15) is 13.2 Å². The zero-order chi connectivity index (χ0) is 24.3. The molecular weight excluding hydrogens is 449 g/mol. The van der Waals surface area contributed by atoms with E-state index >= 15 is 0 Å². The van der Waals surface area contributed by atoms with E-state index in [1.807, 2.05) is 0 Å². The molecule has 7 nitrogen and oxygen atoms in total. The van der Waals surface area contributed by atoms with Crippen molar-refractivity contribution in [1.82, 2.24) is 19.8 Å². The van der Waals surface area contributed by atoms with Crippen molar-refractivity contribution in [2.45, 2.75) is 25.7 Å². The molecule has 0 amide bonds. The number of fused-ring (bicyclic) bond motifs is 1. The highest BCUT2D eigenvalue weighted by Crippen LogP contribution is 2.30. The van der Waals surface area contributed by atoms with Gasteiger partial charge in [0.05, 0.1) is 37.2 Å². The van der Waals surface area contributed by atoms with Crippen molar-refractivity contribution in [3.8, 4) is 11.5 Å². The van der Waals surface area contributed by atoms with Crippen molar-refractivity contribution < 1.29 is 22.6 Å². The predicted octanol–water partition coefficient (Wildman–Crippen LogP) is 3.67. The Kier molecular flexibility index (Phi) is 7.08. The van der Waals surface area contributed by atoms with Gasteiger partial charge in [0.25, 0.3) is 5.56 Å². The Morgan fingerprint density at radius 3 is 2.18 bits per heavy atom. The zero-order valence-corrected chi connectivity index (χ0v) is 19.1. The summed E-state index contributed by atoms with van der Waals surface area (Å²) < 4.78 is 48.9. The number of nitrogens with one attached hydrogen (secondary N) is 1. The number of nitrogens with zero attached hydrogens (tertiary/aromatic N) is 3. The number of halogens is 3. The molecule has 2 heterocycles. The standard InChI is InChI=1S/C24H27F3N4O3/c1-33-20-12-18-19(13-21(20)34-2)28-22(29-23(18)32)15-31-9-3-8-30(10-11-31)14-16-4-6-17(7-5-16)24(25,26)27/h4-7,12-13H,3,8-11,14-15H2,1-2H3,(H,28,29,32). The molecule has 0 radical (unpaired) electrons. The molecule has 1 fully saturated rings. The summed E-state index contributed by atoms with van der Waals surface area (Å²) in [4.78, 5) is 24.6. The van der Waals surface area contributed by atoms with Gasteiger partial charge in [-0.05, 0) is 43.3 Å². The molecule has 0 unspecified atom stereocenters. The molecule has 0 spiro atoms. The van der Waals surface area contributed by atoms with Crippen LogP contribution >= 0.6 is 0 Å². The average Bonchev–Trinajstić information content (AvgIpc) is 3.03. The number of rotatable bonds is 6. The largest absolute Gasteiger partial charge is 0.493 e. The summed E-state index contributed by atoms with van der Waals surface area (Å²) in [5, 5.41) is 0.431. The Hall–Kier alpha value is -3.11. The van der Waals surface area contributed by atoms with Crippen molar-refractivity contribution in [3.05, 3.63) is 63.7 Å². The maximum absolute atomic E-state index is 12.8.